The second-order valence-electron chi connectivity index (χ2n) is 9.17. The van der Waals surface area contributed by atoms with Crippen molar-refractivity contribution >= 4 is 11.8 Å². The fourth-order valence-electron chi connectivity index (χ4n) is 5.62. The number of nitrogens with zero attached hydrogens (tertiary/aromatic N) is 2. The van der Waals surface area contributed by atoms with Crippen LogP contribution in [-0.4, -0.2) is 53.7 Å². The van der Waals surface area contributed by atoms with E-state index in [1.807, 2.05) is 19.1 Å². The van der Waals surface area contributed by atoms with Crippen LogP contribution in [0.15, 0.2) is 35.3 Å². The van der Waals surface area contributed by atoms with Crippen LogP contribution in [0.3, 0.4) is 0 Å². The molecule has 0 aliphatic carbocycles. The molecule has 5 rings (SSSR count). The van der Waals surface area contributed by atoms with Crippen molar-refractivity contribution in [2.24, 2.45) is 5.92 Å². The van der Waals surface area contributed by atoms with Gasteiger partial charge in [-0.3, -0.25) is 14.4 Å². The third kappa shape index (κ3) is 3.44. The molecular formula is C25H24F3N3O5. The molecule has 0 radical (unpaired) electrons. The number of aromatic nitrogens is 1. The first-order valence-electron chi connectivity index (χ1n) is 11.5. The van der Waals surface area contributed by atoms with E-state index in [1.165, 1.54) is 13.3 Å². The van der Waals surface area contributed by atoms with Crippen molar-refractivity contribution < 1.29 is 32.2 Å². The third-order valence-corrected chi connectivity index (χ3v) is 7.41. The van der Waals surface area contributed by atoms with E-state index in [0.29, 0.717) is 31.7 Å². The molecule has 1 spiro atoms. The van der Waals surface area contributed by atoms with Crippen LogP contribution in [-0.2, 0) is 11.3 Å². The minimum Gasteiger partial charge on any atom is -0.491 e. The molecule has 1 aromatic heterocycles. The smallest absolute Gasteiger partial charge is 0.275 e. The Morgan fingerprint density at radius 2 is 1.97 bits per heavy atom. The maximum absolute atomic E-state index is 14.0. The van der Waals surface area contributed by atoms with Crippen molar-refractivity contribution in [2.45, 2.75) is 31.5 Å². The van der Waals surface area contributed by atoms with E-state index in [9.17, 15) is 27.6 Å². The summed E-state index contributed by atoms with van der Waals surface area (Å²) in [5.74, 6) is -5.10. The van der Waals surface area contributed by atoms with Crippen molar-refractivity contribution in [1.29, 1.82) is 0 Å². The number of pyridine rings is 1. The Balaban J connectivity index is 1.58. The van der Waals surface area contributed by atoms with Crippen LogP contribution in [0.2, 0.25) is 0 Å². The number of hydrogen-bond acceptors (Lipinski definition) is 5. The van der Waals surface area contributed by atoms with E-state index in [0.717, 1.165) is 0 Å². The number of fused-ring (bicyclic) bond motifs is 2. The summed E-state index contributed by atoms with van der Waals surface area (Å²) in [7, 11) is 1.24. The Morgan fingerprint density at radius 3 is 2.67 bits per heavy atom. The second kappa shape index (κ2) is 8.81. The number of carbonyl (C=O) groups excluding carboxylic acids is 2. The van der Waals surface area contributed by atoms with Gasteiger partial charge in [-0.05, 0) is 6.42 Å². The van der Waals surface area contributed by atoms with Gasteiger partial charge in [0.15, 0.2) is 11.4 Å². The van der Waals surface area contributed by atoms with Crippen molar-refractivity contribution in [3.63, 3.8) is 0 Å². The van der Waals surface area contributed by atoms with Gasteiger partial charge in [0.25, 0.3) is 11.8 Å². The first-order chi connectivity index (χ1) is 17.2. The van der Waals surface area contributed by atoms with Crippen molar-refractivity contribution in [1.82, 2.24) is 14.8 Å². The highest BCUT2D eigenvalue weighted by molar-refractivity contribution is 6.00. The van der Waals surface area contributed by atoms with E-state index in [1.54, 1.807) is 9.47 Å². The van der Waals surface area contributed by atoms with Crippen LogP contribution < -0.4 is 15.5 Å². The van der Waals surface area contributed by atoms with Crippen LogP contribution in [0.4, 0.5) is 13.2 Å². The molecule has 0 saturated carbocycles. The molecule has 3 aliphatic rings. The third-order valence-electron chi connectivity index (χ3n) is 7.41. The number of amides is 2. The molecule has 11 heteroatoms. The maximum Gasteiger partial charge on any atom is 0.275 e. The molecular weight excluding hydrogens is 479 g/mol. The lowest BCUT2D eigenvalue weighted by atomic mass is 9.71. The Hall–Kier alpha value is -3.60. The number of hydrogen-bond donors (Lipinski definition) is 1. The molecule has 1 N–H and O–H groups in total. The van der Waals surface area contributed by atoms with Gasteiger partial charge < -0.3 is 24.3 Å². The molecule has 2 amide bonds. The highest BCUT2D eigenvalue weighted by atomic mass is 19.1. The SMILES string of the molecule is COc1c2n(cc(C(=O)NCc3c(F)cc(F)cc3F)c1=O)[C@H]1CCOC[C@]13C(C)C=CCN3C2=O. The number of rotatable bonds is 4. The van der Waals surface area contributed by atoms with Crippen LogP contribution in [0, 0.1) is 23.4 Å². The van der Waals surface area contributed by atoms with E-state index in [2.05, 4.69) is 5.32 Å². The Labute approximate surface area is 204 Å². The predicted molar refractivity (Wildman–Crippen MR) is 121 cm³/mol. The first kappa shape index (κ1) is 24.1. The average Bonchev–Trinajstić information content (AvgIpc) is 2.84. The summed E-state index contributed by atoms with van der Waals surface area (Å²) in [6.07, 6.45) is 5.75. The fourth-order valence-corrected chi connectivity index (χ4v) is 5.62. The van der Waals surface area contributed by atoms with Gasteiger partial charge in [0.1, 0.15) is 23.0 Å². The van der Waals surface area contributed by atoms with Crippen molar-refractivity contribution in [3.8, 4) is 5.75 Å². The molecule has 1 unspecified atom stereocenters. The number of benzene rings is 1. The minimum atomic E-state index is -1.17. The topological polar surface area (TPSA) is 89.9 Å². The summed E-state index contributed by atoms with van der Waals surface area (Å²) in [5.41, 5.74) is -2.40. The number of ether oxygens (including phenoxy) is 2. The molecule has 3 aliphatic heterocycles. The summed E-state index contributed by atoms with van der Waals surface area (Å²) in [4.78, 5) is 41.6. The monoisotopic (exact) mass is 503 g/mol. The molecule has 1 saturated heterocycles. The highest BCUT2D eigenvalue weighted by Crippen LogP contribution is 2.48. The normalized spacial score (nSPS) is 24.6. The summed E-state index contributed by atoms with van der Waals surface area (Å²) < 4.78 is 54.0. The van der Waals surface area contributed by atoms with Crippen LogP contribution in [0.5, 0.6) is 5.75 Å². The van der Waals surface area contributed by atoms with Gasteiger partial charge in [-0.2, -0.15) is 0 Å². The quantitative estimate of drug-likeness (QED) is 0.648. The highest BCUT2D eigenvalue weighted by Gasteiger charge is 2.57. The van der Waals surface area contributed by atoms with Gasteiger partial charge in [-0.1, -0.05) is 19.1 Å². The lowest BCUT2D eigenvalue weighted by Crippen LogP contribution is -2.69. The van der Waals surface area contributed by atoms with Crippen LogP contribution in [0.25, 0.3) is 0 Å². The van der Waals surface area contributed by atoms with Crippen molar-refractivity contribution in [2.75, 3.05) is 26.9 Å². The minimum absolute atomic E-state index is 0.0414. The molecule has 4 heterocycles. The summed E-state index contributed by atoms with van der Waals surface area (Å²) >= 11 is 0. The fraction of sp³-hybridized carbons (Fsp3) is 0.400. The van der Waals surface area contributed by atoms with Gasteiger partial charge >= 0.3 is 0 Å². The molecule has 3 atom stereocenters. The Morgan fingerprint density at radius 1 is 1.25 bits per heavy atom. The standard InChI is InChI=1S/C25H24F3N3O5/c1-13-4-3-6-31-24(34)20-22(35-2)21(32)16(11-30(20)19-5-7-36-12-25(13,19)31)23(33)29-10-15-17(27)8-14(26)9-18(15)28/h3-4,8-9,11,13,19H,5-7,10,12H2,1-2H3,(H,29,33)/t13?,19-,25-/m0/s1. The van der Waals surface area contributed by atoms with E-state index in [4.69, 9.17) is 9.47 Å². The second-order valence-corrected chi connectivity index (χ2v) is 9.17. The van der Waals surface area contributed by atoms with Gasteiger partial charge in [0.05, 0.1) is 25.3 Å². The lowest BCUT2D eigenvalue weighted by molar-refractivity contribution is -0.0963. The largest absolute Gasteiger partial charge is 0.491 e. The molecule has 0 bridgehead atoms. The molecule has 36 heavy (non-hydrogen) atoms. The zero-order chi connectivity index (χ0) is 25.8. The lowest BCUT2D eigenvalue weighted by Gasteiger charge is -2.58. The number of methoxy groups -OCH3 is 1. The molecule has 1 fully saturated rings. The molecule has 8 nitrogen and oxygen atoms in total. The summed E-state index contributed by atoms with van der Waals surface area (Å²) in [6.45, 7) is 2.42. The molecule has 2 aromatic rings. The zero-order valence-electron chi connectivity index (χ0n) is 19.6. The number of halogens is 3. The molecule has 1 aromatic carbocycles. The predicted octanol–water partition coefficient (Wildman–Crippen LogP) is 2.57. The Kier molecular flexibility index (Phi) is 5.90. The summed E-state index contributed by atoms with van der Waals surface area (Å²) in [5, 5.41) is 2.32. The van der Waals surface area contributed by atoms with Crippen LogP contribution >= 0.6 is 0 Å². The van der Waals surface area contributed by atoms with E-state index < -0.39 is 52.3 Å². The average molecular weight is 503 g/mol. The Bertz CT molecular complexity index is 1330. The first-order valence-corrected chi connectivity index (χ1v) is 11.5. The van der Waals surface area contributed by atoms with Crippen LogP contribution in [0.1, 0.15) is 45.8 Å². The molecule has 190 valence electrons. The van der Waals surface area contributed by atoms with Gasteiger partial charge in [-0.15, -0.1) is 0 Å². The summed E-state index contributed by atoms with van der Waals surface area (Å²) in [6, 6.07) is 0.693. The van der Waals surface area contributed by atoms with Gasteiger partial charge in [-0.25, -0.2) is 13.2 Å². The van der Waals surface area contributed by atoms with E-state index in [-0.39, 0.29) is 35.6 Å². The number of nitrogens with one attached hydrogen (secondary N) is 1. The number of carbonyl (C=O) groups is 2. The van der Waals surface area contributed by atoms with E-state index >= 15 is 0 Å². The van der Waals surface area contributed by atoms with Gasteiger partial charge in [0.2, 0.25) is 5.43 Å². The van der Waals surface area contributed by atoms with Gasteiger partial charge in [0, 0.05) is 49.5 Å². The van der Waals surface area contributed by atoms with Crippen molar-refractivity contribution in [3.05, 3.63) is 75.0 Å². The maximum atomic E-state index is 14.0. The zero-order valence-corrected chi connectivity index (χ0v) is 19.6.